The van der Waals surface area contributed by atoms with Crippen LogP contribution in [0.1, 0.15) is 5.56 Å². The molecule has 2 aromatic carbocycles. The van der Waals surface area contributed by atoms with E-state index in [1.54, 1.807) is 37.6 Å². The Morgan fingerprint density at radius 3 is 2.54 bits per heavy atom. The molecule has 3 aromatic rings. The lowest BCUT2D eigenvalue weighted by Gasteiger charge is -2.11. The first-order chi connectivity index (χ1) is 12.7. The van der Waals surface area contributed by atoms with Crippen molar-refractivity contribution >= 4 is 40.7 Å². The molecule has 0 bridgehead atoms. The number of aromatic nitrogens is 2. The summed E-state index contributed by atoms with van der Waals surface area (Å²) < 4.78 is 5.36. The molecular weight excluding hydrogens is 371 g/mol. The smallest absolute Gasteiger partial charge is 0.224 e. The van der Waals surface area contributed by atoms with E-state index < -0.39 is 0 Å². The van der Waals surface area contributed by atoms with Crippen LogP contribution in [-0.4, -0.2) is 23.6 Å². The minimum Gasteiger partial charge on any atom is -0.496 e. The van der Waals surface area contributed by atoms with Crippen LogP contribution in [0.2, 0.25) is 10.0 Å². The van der Waals surface area contributed by atoms with E-state index in [0.29, 0.717) is 34.0 Å². The average molecular weight is 389 g/mol. The van der Waals surface area contributed by atoms with Crippen molar-refractivity contribution in [2.45, 2.75) is 6.42 Å². The molecule has 0 atom stereocenters. The summed E-state index contributed by atoms with van der Waals surface area (Å²) in [5.74, 6) is 2.00. The van der Waals surface area contributed by atoms with Crippen molar-refractivity contribution in [1.29, 1.82) is 0 Å². The molecule has 0 saturated carbocycles. The first-order valence-corrected chi connectivity index (χ1v) is 8.83. The predicted octanol–water partition coefficient (Wildman–Crippen LogP) is 5.19. The molecule has 0 spiro atoms. The van der Waals surface area contributed by atoms with Crippen molar-refractivity contribution in [3.8, 4) is 5.75 Å². The summed E-state index contributed by atoms with van der Waals surface area (Å²) in [4.78, 5) is 8.68. The van der Waals surface area contributed by atoms with Crippen LogP contribution >= 0.6 is 23.2 Å². The van der Waals surface area contributed by atoms with E-state index in [4.69, 9.17) is 27.9 Å². The van der Waals surface area contributed by atoms with Crippen LogP contribution in [0.4, 0.5) is 17.5 Å². The molecule has 0 fully saturated rings. The van der Waals surface area contributed by atoms with E-state index in [1.165, 1.54) is 0 Å². The molecule has 0 amide bonds. The van der Waals surface area contributed by atoms with Crippen molar-refractivity contribution in [3.63, 3.8) is 0 Å². The topological polar surface area (TPSA) is 59.1 Å². The number of hydrogen-bond donors (Lipinski definition) is 2. The van der Waals surface area contributed by atoms with Gasteiger partial charge in [-0.25, -0.2) is 4.98 Å². The molecule has 26 heavy (non-hydrogen) atoms. The largest absolute Gasteiger partial charge is 0.496 e. The molecule has 7 heteroatoms. The van der Waals surface area contributed by atoms with E-state index in [2.05, 4.69) is 20.6 Å². The van der Waals surface area contributed by atoms with Crippen molar-refractivity contribution < 1.29 is 4.74 Å². The maximum atomic E-state index is 6.18. The molecule has 0 aliphatic heterocycles. The zero-order valence-electron chi connectivity index (χ0n) is 14.2. The average Bonchev–Trinajstić information content (AvgIpc) is 2.66. The summed E-state index contributed by atoms with van der Waals surface area (Å²) in [6.07, 6.45) is 2.47. The first kappa shape index (κ1) is 18.3. The summed E-state index contributed by atoms with van der Waals surface area (Å²) in [5.41, 5.74) is 1.74. The van der Waals surface area contributed by atoms with Gasteiger partial charge in [0.15, 0.2) is 0 Å². The van der Waals surface area contributed by atoms with Gasteiger partial charge in [0.2, 0.25) is 5.95 Å². The Bertz CT molecular complexity index is 869. The van der Waals surface area contributed by atoms with E-state index in [9.17, 15) is 0 Å². The zero-order chi connectivity index (χ0) is 18.4. The summed E-state index contributed by atoms with van der Waals surface area (Å²) in [6.45, 7) is 0.677. The molecule has 0 saturated heterocycles. The fourth-order valence-corrected chi connectivity index (χ4v) is 2.97. The number of methoxy groups -OCH3 is 1. The minimum absolute atomic E-state index is 0.521. The number of ether oxygens (including phenoxy) is 1. The lowest BCUT2D eigenvalue weighted by Crippen LogP contribution is -2.09. The van der Waals surface area contributed by atoms with Crippen LogP contribution < -0.4 is 15.4 Å². The number of rotatable bonds is 7. The Morgan fingerprint density at radius 2 is 1.77 bits per heavy atom. The SMILES string of the molecule is COc1ccccc1CCNc1nccc(Nc2c(Cl)cccc2Cl)n1. The van der Waals surface area contributed by atoms with E-state index in [-0.39, 0.29) is 0 Å². The Morgan fingerprint density at radius 1 is 1.00 bits per heavy atom. The second-order valence-corrected chi connectivity index (χ2v) is 6.29. The van der Waals surface area contributed by atoms with Crippen LogP contribution in [0.25, 0.3) is 0 Å². The van der Waals surface area contributed by atoms with Crippen molar-refractivity contribution in [3.05, 3.63) is 70.3 Å². The highest BCUT2D eigenvalue weighted by molar-refractivity contribution is 6.39. The number of hydrogen-bond acceptors (Lipinski definition) is 5. The lowest BCUT2D eigenvalue weighted by molar-refractivity contribution is 0.410. The number of anilines is 3. The van der Waals surface area contributed by atoms with E-state index in [1.807, 2.05) is 24.3 Å². The van der Waals surface area contributed by atoms with Gasteiger partial charge in [0.1, 0.15) is 11.6 Å². The number of halogens is 2. The highest BCUT2D eigenvalue weighted by Gasteiger charge is 2.07. The summed E-state index contributed by atoms with van der Waals surface area (Å²) in [6, 6.07) is 15.0. The summed E-state index contributed by atoms with van der Waals surface area (Å²) in [5, 5.41) is 7.41. The summed E-state index contributed by atoms with van der Waals surface area (Å²) in [7, 11) is 1.67. The predicted molar refractivity (Wildman–Crippen MR) is 107 cm³/mol. The minimum atomic E-state index is 0.521. The molecular formula is C19H18Cl2N4O. The highest BCUT2D eigenvalue weighted by atomic mass is 35.5. The molecule has 0 aliphatic rings. The molecule has 3 rings (SSSR count). The van der Waals surface area contributed by atoms with Gasteiger partial charge in [0.25, 0.3) is 0 Å². The molecule has 1 heterocycles. The molecule has 0 radical (unpaired) electrons. The van der Waals surface area contributed by atoms with Gasteiger partial charge in [0.05, 0.1) is 22.8 Å². The number of benzene rings is 2. The maximum absolute atomic E-state index is 6.18. The second kappa shape index (κ2) is 8.74. The van der Waals surface area contributed by atoms with Crippen LogP contribution in [-0.2, 0) is 6.42 Å². The van der Waals surface area contributed by atoms with Gasteiger partial charge in [-0.2, -0.15) is 4.98 Å². The molecule has 0 aliphatic carbocycles. The van der Waals surface area contributed by atoms with E-state index in [0.717, 1.165) is 17.7 Å². The number of nitrogens with zero attached hydrogens (tertiary/aromatic N) is 2. The molecule has 0 unspecified atom stereocenters. The van der Waals surface area contributed by atoms with Crippen LogP contribution in [0, 0.1) is 0 Å². The van der Waals surface area contributed by atoms with Gasteiger partial charge in [-0.1, -0.05) is 47.5 Å². The highest BCUT2D eigenvalue weighted by Crippen LogP contribution is 2.32. The maximum Gasteiger partial charge on any atom is 0.224 e. The fraction of sp³-hybridized carbons (Fsp3) is 0.158. The third kappa shape index (κ3) is 4.56. The van der Waals surface area contributed by atoms with Crippen LogP contribution in [0.5, 0.6) is 5.75 Å². The Hall–Kier alpha value is -2.50. The normalized spacial score (nSPS) is 10.4. The van der Waals surface area contributed by atoms with Crippen molar-refractivity contribution in [1.82, 2.24) is 9.97 Å². The molecule has 2 N–H and O–H groups in total. The van der Waals surface area contributed by atoms with Crippen molar-refractivity contribution in [2.75, 3.05) is 24.3 Å². The van der Waals surface area contributed by atoms with Gasteiger partial charge in [-0.3, -0.25) is 0 Å². The van der Waals surface area contributed by atoms with E-state index >= 15 is 0 Å². The summed E-state index contributed by atoms with van der Waals surface area (Å²) >= 11 is 12.4. The monoisotopic (exact) mass is 388 g/mol. The lowest BCUT2D eigenvalue weighted by atomic mass is 10.1. The Kier molecular flexibility index (Phi) is 6.15. The van der Waals surface area contributed by atoms with Crippen LogP contribution in [0.15, 0.2) is 54.7 Å². The fourth-order valence-electron chi connectivity index (χ4n) is 2.48. The Labute approximate surface area is 162 Å². The molecule has 5 nitrogen and oxygen atoms in total. The zero-order valence-corrected chi connectivity index (χ0v) is 15.7. The first-order valence-electron chi connectivity index (χ1n) is 8.07. The number of nitrogens with one attached hydrogen (secondary N) is 2. The number of para-hydroxylation sites is 2. The third-order valence-corrected chi connectivity index (χ3v) is 4.37. The van der Waals surface area contributed by atoms with Gasteiger partial charge < -0.3 is 15.4 Å². The van der Waals surface area contributed by atoms with Gasteiger partial charge in [-0.15, -0.1) is 0 Å². The third-order valence-electron chi connectivity index (χ3n) is 3.74. The second-order valence-electron chi connectivity index (χ2n) is 5.48. The quantitative estimate of drug-likeness (QED) is 0.582. The van der Waals surface area contributed by atoms with Gasteiger partial charge >= 0.3 is 0 Å². The van der Waals surface area contributed by atoms with Gasteiger partial charge in [-0.05, 0) is 36.2 Å². The van der Waals surface area contributed by atoms with Crippen molar-refractivity contribution in [2.24, 2.45) is 0 Å². The van der Waals surface area contributed by atoms with Gasteiger partial charge in [0, 0.05) is 12.7 Å². The Balaban J connectivity index is 1.64. The van der Waals surface area contributed by atoms with Crippen LogP contribution in [0.3, 0.4) is 0 Å². The molecule has 1 aromatic heterocycles. The standard InChI is InChI=1S/C19H18Cl2N4O/c1-26-16-8-3-2-5-13(16)9-11-22-19-23-12-10-17(25-19)24-18-14(20)6-4-7-15(18)21/h2-8,10,12H,9,11H2,1H3,(H2,22,23,24,25). The molecule has 134 valence electrons.